The first-order valence-corrected chi connectivity index (χ1v) is 9.38. The molecule has 140 valence electrons. The first-order chi connectivity index (χ1) is 11.6. The quantitative estimate of drug-likeness (QED) is 0.388. The molecule has 25 heavy (non-hydrogen) atoms. The summed E-state index contributed by atoms with van der Waals surface area (Å²) < 4.78 is 0. The third-order valence-corrected chi connectivity index (χ3v) is 5.74. The van der Waals surface area contributed by atoms with Gasteiger partial charge in [0.05, 0.1) is 0 Å². The molecule has 1 saturated carbocycles. The molecule has 0 radical (unpaired) electrons. The topological polar surface area (TPSA) is 39.7 Å². The molecule has 1 aromatic rings. The summed E-state index contributed by atoms with van der Waals surface area (Å²) in [6, 6.07) is 8.28. The van der Waals surface area contributed by atoms with Crippen LogP contribution in [0, 0.1) is 5.92 Å². The Labute approximate surface area is 173 Å². The Morgan fingerprint density at radius 3 is 2.60 bits per heavy atom. The molecular weight excluding hydrogens is 447 g/mol. The summed E-state index contributed by atoms with van der Waals surface area (Å²) in [6.07, 6.45) is 4.97. The molecule has 0 aromatic heterocycles. The predicted octanol–water partition coefficient (Wildman–Crippen LogP) is 3.50. The third kappa shape index (κ3) is 5.73. The van der Waals surface area contributed by atoms with E-state index in [1.807, 2.05) is 19.2 Å². The van der Waals surface area contributed by atoms with Gasteiger partial charge in [-0.1, -0.05) is 23.7 Å². The van der Waals surface area contributed by atoms with Gasteiger partial charge in [-0.3, -0.25) is 4.99 Å². The predicted molar refractivity (Wildman–Crippen MR) is 117 cm³/mol. The van der Waals surface area contributed by atoms with Crippen LogP contribution in [-0.2, 0) is 5.41 Å². The molecule has 2 aliphatic rings. The van der Waals surface area contributed by atoms with Crippen LogP contribution >= 0.6 is 35.6 Å². The molecular formula is C19H30ClIN4. The number of likely N-dealkylation sites (tertiary alicyclic amines) is 1. The van der Waals surface area contributed by atoms with E-state index in [9.17, 15) is 0 Å². The molecule has 2 fully saturated rings. The summed E-state index contributed by atoms with van der Waals surface area (Å²) in [4.78, 5) is 6.80. The van der Waals surface area contributed by atoms with Crippen molar-refractivity contribution >= 4 is 41.5 Å². The number of aliphatic imine (C=N–C) groups is 1. The van der Waals surface area contributed by atoms with E-state index in [1.54, 1.807) is 0 Å². The summed E-state index contributed by atoms with van der Waals surface area (Å²) >= 11 is 6.15. The van der Waals surface area contributed by atoms with Gasteiger partial charge in [-0.05, 0) is 69.4 Å². The summed E-state index contributed by atoms with van der Waals surface area (Å²) in [5, 5.41) is 7.86. The molecule has 3 rings (SSSR count). The number of nitrogens with one attached hydrogen (secondary N) is 2. The number of halogens is 2. The molecule has 0 atom stereocenters. The number of benzene rings is 1. The standard InChI is InChI=1S/C19H29ClN4.HI/c1-21-18(22-13-15-6-10-24(2)11-7-15)23-14-19(8-9-19)16-4-3-5-17(20)12-16;/h3-5,12,15H,6-11,13-14H2,1-2H3,(H2,21,22,23);1H. The second-order valence-electron chi connectivity index (χ2n) is 7.34. The number of piperidine rings is 1. The highest BCUT2D eigenvalue weighted by Gasteiger charge is 2.44. The number of nitrogens with zero attached hydrogens (tertiary/aromatic N) is 2. The van der Waals surface area contributed by atoms with Crippen LogP contribution in [-0.4, -0.2) is 51.1 Å². The molecule has 1 aromatic carbocycles. The van der Waals surface area contributed by atoms with Crippen LogP contribution in [0.3, 0.4) is 0 Å². The largest absolute Gasteiger partial charge is 0.356 e. The maximum Gasteiger partial charge on any atom is 0.191 e. The van der Waals surface area contributed by atoms with E-state index in [-0.39, 0.29) is 29.4 Å². The van der Waals surface area contributed by atoms with Crippen LogP contribution < -0.4 is 10.6 Å². The van der Waals surface area contributed by atoms with Crippen LogP contribution in [0.2, 0.25) is 5.02 Å². The van der Waals surface area contributed by atoms with Crippen molar-refractivity contribution in [1.29, 1.82) is 0 Å². The molecule has 1 heterocycles. The average molecular weight is 477 g/mol. The zero-order valence-electron chi connectivity index (χ0n) is 15.2. The van der Waals surface area contributed by atoms with Crippen molar-refractivity contribution in [2.45, 2.75) is 31.1 Å². The molecule has 0 unspecified atom stereocenters. The van der Waals surface area contributed by atoms with Crippen molar-refractivity contribution in [3.05, 3.63) is 34.9 Å². The zero-order valence-corrected chi connectivity index (χ0v) is 18.3. The smallest absolute Gasteiger partial charge is 0.191 e. The Morgan fingerprint density at radius 2 is 2.00 bits per heavy atom. The number of guanidine groups is 1. The van der Waals surface area contributed by atoms with Gasteiger partial charge in [-0.15, -0.1) is 24.0 Å². The van der Waals surface area contributed by atoms with Gasteiger partial charge in [0, 0.05) is 30.6 Å². The van der Waals surface area contributed by atoms with Crippen molar-refractivity contribution in [3.8, 4) is 0 Å². The number of rotatable bonds is 5. The number of hydrogen-bond acceptors (Lipinski definition) is 2. The van der Waals surface area contributed by atoms with Gasteiger partial charge in [-0.2, -0.15) is 0 Å². The van der Waals surface area contributed by atoms with E-state index < -0.39 is 0 Å². The second kappa shape index (κ2) is 9.42. The van der Waals surface area contributed by atoms with Crippen LogP contribution in [0.15, 0.2) is 29.3 Å². The van der Waals surface area contributed by atoms with Crippen molar-refractivity contribution < 1.29 is 0 Å². The van der Waals surface area contributed by atoms with E-state index >= 15 is 0 Å². The Kier molecular flexibility index (Phi) is 7.83. The minimum Gasteiger partial charge on any atom is -0.356 e. The Morgan fingerprint density at radius 1 is 1.28 bits per heavy atom. The molecule has 4 nitrogen and oxygen atoms in total. The van der Waals surface area contributed by atoms with Gasteiger partial charge in [0.2, 0.25) is 0 Å². The highest BCUT2D eigenvalue weighted by Crippen LogP contribution is 2.48. The normalized spacial score (nSPS) is 20.7. The summed E-state index contributed by atoms with van der Waals surface area (Å²) in [7, 11) is 4.05. The van der Waals surface area contributed by atoms with Crippen LogP contribution in [0.4, 0.5) is 0 Å². The van der Waals surface area contributed by atoms with E-state index in [2.05, 4.69) is 39.7 Å². The highest BCUT2D eigenvalue weighted by atomic mass is 127. The molecule has 1 aliphatic heterocycles. The van der Waals surface area contributed by atoms with Gasteiger partial charge < -0.3 is 15.5 Å². The highest BCUT2D eigenvalue weighted by molar-refractivity contribution is 14.0. The first kappa shape index (κ1) is 20.8. The molecule has 6 heteroatoms. The van der Waals surface area contributed by atoms with E-state index in [1.165, 1.54) is 44.3 Å². The van der Waals surface area contributed by atoms with Crippen molar-refractivity contribution in [3.63, 3.8) is 0 Å². The fourth-order valence-electron chi connectivity index (χ4n) is 3.52. The maximum absolute atomic E-state index is 6.15. The van der Waals surface area contributed by atoms with Gasteiger partial charge in [-0.25, -0.2) is 0 Å². The van der Waals surface area contributed by atoms with E-state index in [0.29, 0.717) is 0 Å². The Balaban J connectivity index is 0.00000225. The summed E-state index contributed by atoms with van der Waals surface area (Å²) in [5.74, 6) is 1.67. The summed E-state index contributed by atoms with van der Waals surface area (Å²) in [6.45, 7) is 4.34. The fraction of sp³-hybridized carbons (Fsp3) is 0.632. The molecule has 1 saturated heterocycles. The lowest BCUT2D eigenvalue weighted by molar-refractivity contribution is 0.220. The van der Waals surface area contributed by atoms with E-state index in [4.69, 9.17) is 11.6 Å². The van der Waals surface area contributed by atoms with Gasteiger partial charge >= 0.3 is 0 Å². The summed E-state index contributed by atoms with van der Waals surface area (Å²) in [5.41, 5.74) is 1.57. The van der Waals surface area contributed by atoms with Crippen LogP contribution in [0.5, 0.6) is 0 Å². The minimum absolute atomic E-state index is 0. The van der Waals surface area contributed by atoms with Crippen LogP contribution in [0.25, 0.3) is 0 Å². The van der Waals surface area contributed by atoms with Gasteiger partial charge in [0.25, 0.3) is 0 Å². The van der Waals surface area contributed by atoms with E-state index in [0.717, 1.165) is 30.0 Å². The van der Waals surface area contributed by atoms with Gasteiger partial charge in [0.15, 0.2) is 5.96 Å². The molecule has 2 N–H and O–H groups in total. The lowest BCUT2D eigenvalue weighted by Crippen LogP contribution is -2.44. The fourth-order valence-corrected chi connectivity index (χ4v) is 3.71. The zero-order chi connectivity index (χ0) is 17.0. The third-order valence-electron chi connectivity index (χ3n) is 5.50. The molecule has 0 bridgehead atoms. The van der Waals surface area contributed by atoms with Crippen molar-refractivity contribution in [2.24, 2.45) is 10.9 Å². The Bertz CT molecular complexity index is 581. The lowest BCUT2D eigenvalue weighted by Gasteiger charge is -2.29. The van der Waals surface area contributed by atoms with Crippen molar-refractivity contribution in [1.82, 2.24) is 15.5 Å². The monoisotopic (exact) mass is 476 g/mol. The van der Waals surface area contributed by atoms with Gasteiger partial charge in [0.1, 0.15) is 0 Å². The maximum atomic E-state index is 6.15. The average Bonchev–Trinajstić information content (AvgIpc) is 3.38. The Hall–Kier alpha value is -0.530. The SMILES string of the molecule is CN=C(NCC1CCN(C)CC1)NCC1(c2cccc(Cl)c2)CC1.I. The molecule has 0 spiro atoms. The van der Waals surface area contributed by atoms with Crippen LogP contribution in [0.1, 0.15) is 31.2 Å². The lowest BCUT2D eigenvalue weighted by atomic mass is 9.96. The molecule has 1 aliphatic carbocycles. The van der Waals surface area contributed by atoms with Crippen molar-refractivity contribution in [2.75, 3.05) is 40.3 Å². The minimum atomic E-state index is 0. The first-order valence-electron chi connectivity index (χ1n) is 9.00. The molecule has 0 amide bonds. The number of hydrogen-bond donors (Lipinski definition) is 2. The second-order valence-corrected chi connectivity index (χ2v) is 7.78.